The molecule has 0 heterocycles. The number of ketones is 1. The van der Waals surface area contributed by atoms with E-state index in [9.17, 15) is 4.79 Å². The van der Waals surface area contributed by atoms with Crippen molar-refractivity contribution in [1.29, 1.82) is 0 Å². The molecule has 194 valence electrons. The van der Waals surface area contributed by atoms with Gasteiger partial charge in [0.15, 0.2) is 16.6 Å². The van der Waals surface area contributed by atoms with E-state index in [2.05, 4.69) is 86.5 Å². The molecule has 3 rings (SSSR count). The Balaban J connectivity index is 1.92. The molecule has 3 aliphatic rings. The Morgan fingerprint density at radius 1 is 0.882 bits per heavy atom. The molecule has 0 aromatic heterocycles. The van der Waals surface area contributed by atoms with Crippen LogP contribution in [0.1, 0.15) is 87.0 Å². The maximum Gasteiger partial charge on any atom is 0.193 e. The van der Waals surface area contributed by atoms with Crippen LogP contribution in [0.15, 0.2) is 0 Å². The number of carbonyl (C=O) groups is 1. The largest absolute Gasteiger partial charge is 0.413 e. The summed E-state index contributed by atoms with van der Waals surface area (Å²) in [5.41, 5.74) is 0. The van der Waals surface area contributed by atoms with Crippen molar-refractivity contribution in [2.45, 2.75) is 135 Å². The monoisotopic (exact) mass is 504 g/mol. The van der Waals surface area contributed by atoms with E-state index in [0.717, 1.165) is 12.8 Å². The summed E-state index contributed by atoms with van der Waals surface area (Å²) in [4.78, 5) is 12.6. The standard InChI is InChI=1S/C29H52O3Si2/c1-20-26-22(25(19-17-23(26)27(20)30)32-34(10,11)29(5,6)7)16-18-24(21-14-12-13-15-21)31-33(8,9)28(2,3)4/h20-26H,12-15,17,19H2,1-11H3/t20?,22-,23-,24+,25+,26+/m0/s1. The first-order valence-corrected chi connectivity index (χ1v) is 19.7. The van der Waals surface area contributed by atoms with E-state index in [1.54, 1.807) is 0 Å². The highest BCUT2D eigenvalue weighted by molar-refractivity contribution is 6.74. The number of hydrogen-bond acceptors (Lipinski definition) is 3. The minimum absolute atomic E-state index is 0.0170. The molecule has 0 saturated heterocycles. The van der Waals surface area contributed by atoms with E-state index in [1.165, 1.54) is 25.7 Å². The van der Waals surface area contributed by atoms with Gasteiger partial charge in [-0.05, 0) is 73.8 Å². The lowest BCUT2D eigenvalue weighted by atomic mass is 9.53. The fraction of sp³-hybridized carbons (Fsp3) is 0.897. The summed E-state index contributed by atoms with van der Waals surface area (Å²) in [6.45, 7) is 25.4. The minimum Gasteiger partial charge on any atom is -0.413 e. The number of hydrogen-bond donors (Lipinski definition) is 0. The fourth-order valence-corrected chi connectivity index (χ4v) is 8.28. The Labute approximate surface area is 212 Å². The van der Waals surface area contributed by atoms with Crippen LogP contribution in [0.25, 0.3) is 0 Å². The number of fused-ring (bicyclic) bond motifs is 1. The fourth-order valence-electron chi connectivity index (χ4n) is 5.67. The Morgan fingerprint density at radius 2 is 1.44 bits per heavy atom. The average Bonchev–Trinajstić information content (AvgIpc) is 3.23. The summed E-state index contributed by atoms with van der Waals surface area (Å²) in [5.74, 6) is 9.29. The van der Waals surface area contributed by atoms with E-state index < -0.39 is 16.6 Å². The molecule has 0 spiro atoms. The van der Waals surface area contributed by atoms with Crippen LogP contribution in [0, 0.1) is 41.4 Å². The molecule has 1 unspecified atom stereocenters. The van der Waals surface area contributed by atoms with E-state index >= 15 is 0 Å². The van der Waals surface area contributed by atoms with Crippen molar-refractivity contribution in [2.24, 2.45) is 29.6 Å². The third-order valence-electron chi connectivity index (χ3n) is 10.1. The smallest absolute Gasteiger partial charge is 0.193 e. The summed E-state index contributed by atoms with van der Waals surface area (Å²) >= 11 is 0. The molecule has 34 heavy (non-hydrogen) atoms. The Hall–Kier alpha value is -0.416. The van der Waals surface area contributed by atoms with Crippen LogP contribution in [0.3, 0.4) is 0 Å². The first kappa shape index (κ1) is 28.2. The molecule has 0 bridgehead atoms. The summed E-state index contributed by atoms with van der Waals surface area (Å²) in [7, 11) is -3.85. The van der Waals surface area contributed by atoms with Crippen molar-refractivity contribution >= 4 is 22.4 Å². The van der Waals surface area contributed by atoms with E-state index in [1.807, 2.05) is 0 Å². The maximum atomic E-state index is 12.6. The van der Waals surface area contributed by atoms with Crippen LogP contribution in [-0.4, -0.2) is 34.6 Å². The molecule has 0 N–H and O–H groups in total. The van der Waals surface area contributed by atoms with E-state index in [0.29, 0.717) is 17.6 Å². The van der Waals surface area contributed by atoms with Gasteiger partial charge in [0, 0.05) is 17.8 Å². The van der Waals surface area contributed by atoms with Crippen molar-refractivity contribution in [3.05, 3.63) is 0 Å². The molecule has 3 nitrogen and oxygen atoms in total. The topological polar surface area (TPSA) is 35.5 Å². The summed E-state index contributed by atoms with van der Waals surface area (Å²) in [6.07, 6.45) is 7.12. The summed E-state index contributed by atoms with van der Waals surface area (Å²) in [5, 5.41) is 0.338. The number of carbonyl (C=O) groups excluding carboxylic acids is 1. The molecular weight excluding hydrogens is 452 g/mol. The molecule has 6 atom stereocenters. The van der Waals surface area contributed by atoms with Gasteiger partial charge < -0.3 is 8.85 Å². The second kappa shape index (κ2) is 9.80. The normalized spacial score (nSPS) is 32.0. The third-order valence-corrected chi connectivity index (χ3v) is 19.1. The molecule has 0 radical (unpaired) electrons. The highest BCUT2D eigenvalue weighted by atomic mass is 28.4. The van der Waals surface area contributed by atoms with Crippen molar-refractivity contribution in [1.82, 2.24) is 0 Å². The average molecular weight is 505 g/mol. The Kier molecular flexibility index (Phi) is 8.12. The van der Waals surface area contributed by atoms with Crippen LogP contribution in [-0.2, 0) is 13.6 Å². The minimum atomic E-state index is -1.92. The third kappa shape index (κ3) is 5.61. The predicted octanol–water partition coefficient (Wildman–Crippen LogP) is 7.82. The zero-order chi connectivity index (χ0) is 25.7. The highest BCUT2D eigenvalue weighted by Crippen LogP contribution is 2.51. The summed E-state index contributed by atoms with van der Waals surface area (Å²) < 4.78 is 14.0. The van der Waals surface area contributed by atoms with Gasteiger partial charge in [0.25, 0.3) is 0 Å². The lowest BCUT2D eigenvalue weighted by molar-refractivity contribution is -0.151. The molecule has 0 aliphatic heterocycles. The van der Waals surface area contributed by atoms with Gasteiger partial charge in [0.05, 0.1) is 6.10 Å². The van der Waals surface area contributed by atoms with Crippen molar-refractivity contribution in [3.63, 3.8) is 0 Å². The van der Waals surface area contributed by atoms with Gasteiger partial charge in [-0.2, -0.15) is 0 Å². The van der Waals surface area contributed by atoms with Crippen LogP contribution < -0.4 is 0 Å². The second-order valence-corrected chi connectivity index (χ2v) is 24.0. The Morgan fingerprint density at radius 3 is 1.97 bits per heavy atom. The Bertz CT molecular complexity index is 802. The van der Waals surface area contributed by atoms with Gasteiger partial charge in [-0.1, -0.05) is 73.1 Å². The molecule has 3 fully saturated rings. The van der Waals surface area contributed by atoms with Gasteiger partial charge >= 0.3 is 0 Å². The molecule has 0 aromatic rings. The lowest BCUT2D eigenvalue weighted by Gasteiger charge is -2.52. The highest BCUT2D eigenvalue weighted by Gasteiger charge is 2.56. The van der Waals surface area contributed by atoms with Gasteiger partial charge in [0.2, 0.25) is 0 Å². The molecule has 0 amide bonds. The summed E-state index contributed by atoms with van der Waals surface area (Å²) in [6, 6.07) is 0. The van der Waals surface area contributed by atoms with Crippen molar-refractivity contribution < 1.29 is 13.6 Å². The van der Waals surface area contributed by atoms with Crippen LogP contribution in [0.4, 0.5) is 0 Å². The molecule has 5 heteroatoms. The van der Waals surface area contributed by atoms with Crippen molar-refractivity contribution in [2.75, 3.05) is 0 Å². The predicted molar refractivity (Wildman–Crippen MR) is 148 cm³/mol. The van der Waals surface area contributed by atoms with Gasteiger partial charge in [-0.25, -0.2) is 0 Å². The van der Waals surface area contributed by atoms with E-state index in [-0.39, 0.29) is 40.0 Å². The SMILES string of the molecule is CC1C(=O)[C@H]2CC[C@@H](O[Si](C)(C)C(C)(C)C)[C@H](C#C[C@@H](O[Si](C)(C)C(C)(C)C)C3CCCC3)[C@@H]12. The first-order valence-electron chi connectivity index (χ1n) is 13.9. The van der Waals surface area contributed by atoms with Crippen LogP contribution in [0.5, 0.6) is 0 Å². The van der Waals surface area contributed by atoms with Crippen molar-refractivity contribution in [3.8, 4) is 11.8 Å². The quantitative estimate of drug-likeness (QED) is 0.283. The molecule has 0 aromatic carbocycles. The molecule has 3 saturated carbocycles. The van der Waals surface area contributed by atoms with Gasteiger partial charge in [-0.3, -0.25) is 4.79 Å². The second-order valence-electron chi connectivity index (χ2n) is 14.5. The van der Waals surface area contributed by atoms with E-state index in [4.69, 9.17) is 8.85 Å². The van der Waals surface area contributed by atoms with Gasteiger partial charge in [0.1, 0.15) is 11.9 Å². The van der Waals surface area contributed by atoms with Crippen LogP contribution in [0.2, 0.25) is 36.3 Å². The zero-order valence-corrected chi connectivity index (χ0v) is 26.0. The van der Waals surface area contributed by atoms with Gasteiger partial charge in [-0.15, -0.1) is 0 Å². The maximum absolute atomic E-state index is 12.6. The zero-order valence-electron chi connectivity index (χ0n) is 24.0. The number of rotatable bonds is 5. The number of Topliss-reactive ketones (excluding diaryl/α,β-unsaturated/α-hetero) is 1. The lowest BCUT2D eigenvalue weighted by Crippen LogP contribution is -2.57. The molecular formula is C29H52O3Si2. The first-order chi connectivity index (χ1) is 15.5. The molecule has 3 aliphatic carbocycles. The van der Waals surface area contributed by atoms with Crippen LogP contribution >= 0.6 is 0 Å².